The van der Waals surface area contributed by atoms with Gasteiger partial charge in [0, 0.05) is 32.4 Å². The second-order valence-corrected chi connectivity index (χ2v) is 6.44. The topological polar surface area (TPSA) is 61.8 Å². The van der Waals surface area contributed by atoms with Crippen LogP contribution in [-0.2, 0) is 6.54 Å². The van der Waals surface area contributed by atoms with Gasteiger partial charge in [-0.05, 0) is 50.4 Å². The van der Waals surface area contributed by atoms with Crippen LogP contribution in [0.15, 0.2) is 23.3 Å². The summed E-state index contributed by atoms with van der Waals surface area (Å²) in [7, 11) is 3.42. The number of halogens is 1. The minimum Gasteiger partial charge on any atom is -0.481 e. The second-order valence-electron chi connectivity index (χ2n) is 6.44. The van der Waals surface area contributed by atoms with Gasteiger partial charge < -0.3 is 20.3 Å². The molecule has 0 saturated carbocycles. The third-order valence-electron chi connectivity index (χ3n) is 4.51. The van der Waals surface area contributed by atoms with Gasteiger partial charge in [-0.2, -0.15) is 0 Å². The first kappa shape index (κ1) is 22.0. The first-order valence-corrected chi connectivity index (χ1v) is 8.87. The Kier molecular flexibility index (Phi) is 10.8. The largest absolute Gasteiger partial charge is 0.481 e. The van der Waals surface area contributed by atoms with Crippen molar-refractivity contribution in [3.8, 4) is 5.88 Å². The lowest BCUT2D eigenvalue weighted by atomic mass is 9.99. The van der Waals surface area contributed by atoms with E-state index in [9.17, 15) is 0 Å². The monoisotopic (exact) mass is 461 g/mol. The number of aliphatic imine (C=N–C) groups is 1. The minimum atomic E-state index is 0. The smallest absolute Gasteiger partial charge is 0.212 e. The SMILES string of the molecule is CN=C(NCCCN1CCC(C)CC1)NCc1ccc(OC)nc1.I. The number of rotatable bonds is 7. The second kappa shape index (κ2) is 12.3. The van der Waals surface area contributed by atoms with E-state index in [-0.39, 0.29) is 24.0 Å². The highest BCUT2D eigenvalue weighted by molar-refractivity contribution is 14.0. The van der Waals surface area contributed by atoms with Crippen LogP contribution in [0.5, 0.6) is 5.88 Å². The molecule has 25 heavy (non-hydrogen) atoms. The van der Waals surface area contributed by atoms with Crippen molar-refractivity contribution in [3.63, 3.8) is 0 Å². The summed E-state index contributed by atoms with van der Waals surface area (Å²) in [6.45, 7) is 7.65. The summed E-state index contributed by atoms with van der Waals surface area (Å²) in [6, 6.07) is 3.87. The normalized spacial score (nSPS) is 16.2. The van der Waals surface area contributed by atoms with Crippen LogP contribution in [0.4, 0.5) is 0 Å². The third kappa shape index (κ3) is 8.22. The summed E-state index contributed by atoms with van der Waals surface area (Å²) < 4.78 is 5.07. The molecule has 0 aliphatic carbocycles. The molecule has 1 aromatic heterocycles. The van der Waals surface area contributed by atoms with E-state index in [0.717, 1.165) is 30.4 Å². The van der Waals surface area contributed by atoms with Crippen LogP contribution in [0.2, 0.25) is 0 Å². The van der Waals surface area contributed by atoms with Crippen molar-refractivity contribution in [1.82, 2.24) is 20.5 Å². The van der Waals surface area contributed by atoms with Gasteiger partial charge in [0.25, 0.3) is 0 Å². The Balaban J connectivity index is 0.00000312. The number of guanidine groups is 1. The molecule has 0 bridgehead atoms. The van der Waals surface area contributed by atoms with Crippen LogP contribution in [0.3, 0.4) is 0 Å². The number of aromatic nitrogens is 1. The number of hydrogen-bond acceptors (Lipinski definition) is 4. The molecule has 0 radical (unpaired) electrons. The molecule has 0 amide bonds. The Morgan fingerprint density at radius 2 is 2.08 bits per heavy atom. The van der Waals surface area contributed by atoms with Gasteiger partial charge in [0.05, 0.1) is 7.11 Å². The number of nitrogens with one attached hydrogen (secondary N) is 2. The van der Waals surface area contributed by atoms with Gasteiger partial charge >= 0.3 is 0 Å². The first-order valence-electron chi connectivity index (χ1n) is 8.87. The van der Waals surface area contributed by atoms with E-state index in [1.54, 1.807) is 14.2 Å². The lowest BCUT2D eigenvalue weighted by Gasteiger charge is -2.30. The van der Waals surface area contributed by atoms with Crippen molar-refractivity contribution in [2.75, 3.05) is 40.3 Å². The van der Waals surface area contributed by atoms with Gasteiger partial charge in [0.15, 0.2) is 5.96 Å². The number of likely N-dealkylation sites (tertiary alicyclic amines) is 1. The first-order chi connectivity index (χ1) is 11.7. The highest BCUT2D eigenvalue weighted by atomic mass is 127. The van der Waals surface area contributed by atoms with Crippen LogP contribution in [0.1, 0.15) is 31.7 Å². The van der Waals surface area contributed by atoms with Gasteiger partial charge in [-0.25, -0.2) is 4.98 Å². The molecule has 1 saturated heterocycles. The molecule has 0 spiro atoms. The molecule has 6 nitrogen and oxygen atoms in total. The van der Waals surface area contributed by atoms with E-state index in [4.69, 9.17) is 4.74 Å². The van der Waals surface area contributed by atoms with Gasteiger partial charge in [-0.3, -0.25) is 4.99 Å². The Morgan fingerprint density at radius 1 is 1.32 bits per heavy atom. The van der Waals surface area contributed by atoms with E-state index >= 15 is 0 Å². The van der Waals surface area contributed by atoms with Crippen molar-refractivity contribution in [2.24, 2.45) is 10.9 Å². The average Bonchev–Trinajstić information content (AvgIpc) is 2.63. The highest BCUT2D eigenvalue weighted by Crippen LogP contribution is 2.15. The Hall–Kier alpha value is -1.09. The minimum absolute atomic E-state index is 0. The molecule has 1 aliphatic rings. The lowest BCUT2D eigenvalue weighted by molar-refractivity contribution is 0.191. The van der Waals surface area contributed by atoms with E-state index in [1.165, 1.54) is 32.5 Å². The van der Waals surface area contributed by atoms with Crippen LogP contribution in [0, 0.1) is 5.92 Å². The quantitative estimate of drug-likeness (QED) is 0.283. The van der Waals surface area contributed by atoms with Crippen LogP contribution >= 0.6 is 24.0 Å². The van der Waals surface area contributed by atoms with Crippen LogP contribution in [0.25, 0.3) is 0 Å². The standard InChI is InChI=1S/C18H31N5O.HI/c1-15-7-11-23(12-8-15)10-4-9-20-18(19-2)22-14-16-5-6-17(24-3)21-13-16;/h5-6,13,15H,4,7-12,14H2,1-3H3,(H2,19,20,22);1H. The van der Waals surface area contributed by atoms with E-state index < -0.39 is 0 Å². The molecular weight excluding hydrogens is 429 g/mol. The number of piperidine rings is 1. The molecule has 2 heterocycles. The summed E-state index contributed by atoms with van der Waals surface area (Å²) >= 11 is 0. The van der Waals surface area contributed by atoms with Crippen LogP contribution in [-0.4, -0.2) is 56.2 Å². The average molecular weight is 461 g/mol. The number of hydrogen-bond donors (Lipinski definition) is 2. The molecular formula is C18H32IN5O. The van der Waals surface area contributed by atoms with E-state index in [1.807, 2.05) is 18.3 Å². The zero-order valence-corrected chi connectivity index (χ0v) is 18.0. The predicted molar refractivity (Wildman–Crippen MR) is 114 cm³/mol. The van der Waals surface area contributed by atoms with Crippen molar-refractivity contribution >= 4 is 29.9 Å². The molecule has 1 aromatic rings. The zero-order valence-electron chi connectivity index (χ0n) is 15.6. The summed E-state index contributed by atoms with van der Waals surface area (Å²) in [5.41, 5.74) is 1.10. The van der Waals surface area contributed by atoms with Crippen molar-refractivity contribution < 1.29 is 4.74 Å². The number of pyridine rings is 1. The summed E-state index contributed by atoms with van der Waals surface area (Å²) in [5, 5.41) is 6.69. The maximum absolute atomic E-state index is 5.07. The van der Waals surface area contributed by atoms with Gasteiger partial charge in [-0.1, -0.05) is 13.0 Å². The fourth-order valence-electron chi connectivity index (χ4n) is 2.84. The molecule has 2 rings (SSSR count). The maximum atomic E-state index is 5.07. The fraction of sp³-hybridized carbons (Fsp3) is 0.667. The predicted octanol–water partition coefficient (Wildman–Crippen LogP) is 2.50. The Labute approximate surface area is 168 Å². The molecule has 7 heteroatoms. The molecule has 1 aliphatic heterocycles. The zero-order chi connectivity index (χ0) is 17.2. The number of methoxy groups -OCH3 is 1. The van der Waals surface area contributed by atoms with E-state index in [2.05, 4.69) is 32.4 Å². The summed E-state index contributed by atoms with van der Waals surface area (Å²) in [4.78, 5) is 11.0. The Morgan fingerprint density at radius 3 is 2.68 bits per heavy atom. The number of ether oxygens (including phenoxy) is 1. The van der Waals surface area contributed by atoms with Crippen molar-refractivity contribution in [3.05, 3.63) is 23.9 Å². The van der Waals surface area contributed by atoms with Gasteiger partial charge in [-0.15, -0.1) is 24.0 Å². The highest BCUT2D eigenvalue weighted by Gasteiger charge is 2.14. The molecule has 0 atom stereocenters. The van der Waals surface area contributed by atoms with Gasteiger partial charge in [0.1, 0.15) is 0 Å². The van der Waals surface area contributed by atoms with Crippen molar-refractivity contribution in [1.29, 1.82) is 0 Å². The molecule has 0 unspecified atom stereocenters. The van der Waals surface area contributed by atoms with E-state index in [0.29, 0.717) is 12.4 Å². The Bertz CT molecular complexity index is 501. The third-order valence-corrected chi connectivity index (χ3v) is 4.51. The molecule has 2 N–H and O–H groups in total. The van der Waals surface area contributed by atoms with Crippen molar-refractivity contribution in [2.45, 2.75) is 32.7 Å². The maximum Gasteiger partial charge on any atom is 0.212 e. The summed E-state index contributed by atoms with van der Waals surface area (Å²) in [5.74, 6) is 2.36. The molecule has 0 aromatic carbocycles. The van der Waals surface area contributed by atoms with Crippen LogP contribution < -0.4 is 15.4 Å². The van der Waals surface area contributed by atoms with Gasteiger partial charge in [0.2, 0.25) is 5.88 Å². The number of nitrogens with zero attached hydrogens (tertiary/aromatic N) is 3. The molecule has 1 fully saturated rings. The fourth-order valence-corrected chi connectivity index (χ4v) is 2.84. The lowest BCUT2D eigenvalue weighted by Crippen LogP contribution is -2.39. The molecule has 142 valence electrons. The summed E-state index contributed by atoms with van der Waals surface area (Å²) in [6.07, 6.45) is 5.63.